The predicted octanol–water partition coefficient (Wildman–Crippen LogP) is 1.22. The second-order valence-corrected chi connectivity index (χ2v) is 6.20. The molecule has 2 fully saturated rings. The van der Waals surface area contributed by atoms with Gasteiger partial charge in [-0.25, -0.2) is 0 Å². The third-order valence-electron chi connectivity index (χ3n) is 4.31. The van der Waals surface area contributed by atoms with Crippen LogP contribution in [0.15, 0.2) is 0 Å². The molecular weight excluding hydrogens is 200 g/mol. The number of aliphatic hydroxyl groups is 1. The minimum absolute atomic E-state index is 0.445. The van der Waals surface area contributed by atoms with Crippen molar-refractivity contribution in [2.24, 2.45) is 5.41 Å². The van der Waals surface area contributed by atoms with Gasteiger partial charge in [0.2, 0.25) is 0 Å². The van der Waals surface area contributed by atoms with Crippen LogP contribution in [0.25, 0.3) is 0 Å². The number of rotatable bonds is 4. The minimum Gasteiger partial charge on any atom is -0.389 e. The molecule has 16 heavy (non-hydrogen) atoms. The van der Waals surface area contributed by atoms with Crippen LogP contribution in [0, 0.1) is 5.41 Å². The van der Waals surface area contributed by atoms with Crippen molar-refractivity contribution in [3.05, 3.63) is 0 Å². The fraction of sp³-hybridized carbons (Fsp3) is 1.00. The van der Waals surface area contributed by atoms with Gasteiger partial charge in [0.05, 0.1) is 5.60 Å². The van der Waals surface area contributed by atoms with Crippen molar-refractivity contribution in [1.82, 2.24) is 10.2 Å². The Labute approximate surface area is 99.2 Å². The first-order chi connectivity index (χ1) is 7.55. The van der Waals surface area contributed by atoms with Crippen molar-refractivity contribution in [2.75, 3.05) is 33.2 Å². The maximum atomic E-state index is 10.00. The van der Waals surface area contributed by atoms with E-state index in [9.17, 15) is 5.11 Å². The Bertz CT molecular complexity index is 234. The molecule has 1 saturated heterocycles. The first-order valence-electron chi connectivity index (χ1n) is 6.65. The number of nitrogens with one attached hydrogen (secondary N) is 1. The maximum Gasteiger partial charge on any atom is 0.0758 e. The topological polar surface area (TPSA) is 35.5 Å². The predicted molar refractivity (Wildman–Crippen MR) is 66.5 cm³/mol. The second-order valence-electron chi connectivity index (χ2n) is 6.20. The van der Waals surface area contributed by atoms with Crippen LogP contribution in [0.3, 0.4) is 0 Å². The normalized spacial score (nSPS) is 34.7. The van der Waals surface area contributed by atoms with Crippen LogP contribution in [-0.4, -0.2) is 48.8 Å². The molecule has 2 N–H and O–H groups in total. The van der Waals surface area contributed by atoms with Crippen LogP contribution in [-0.2, 0) is 0 Å². The highest BCUT2D eigenvalue weighted by molar-refractivity contribution is 4.93. The van der Waals surface area contributed by atoms with E-state index in [0.29, 0.717) is 5.41 Å². The van der Waals surface area contributed by atoms with Crippen molar-refractivity contribution in [1.29, 1.82) is 0 Å². The fourth-order valence-electron chi connectivity index (χ4n) is 3.54. The quantitative estimate of drug-likeness (QED) is 0.756. The van der Waals surface area contributed by atoms with Gasteiger partial charge in [-0.1, -0.05) is 12.8 Å². The molecule has 0 amide bonds. The van der Waals surface area contributed by atoms with Crippen LogP contribution in [0.2, 0.25) is 0 Å². The van der Waals surface area contributed by atoms with Crippen LogP contribution in [0.4, 0.5) is 0 Å². The average molecular weight is 226 g/mol. The van der Waals surface area contributed by atoms with Gasteiger partial charge >= 0.3 is 0 Å². The van der Waals surface area contributed by atoms with Gasteiger partial charge in [-0.2, -0.15) is 0 Å². The summed E-state index contributed by atoms with van der Waals surface area (Å²) >= 11 is 0. The molecule has 2 rings (SSSR count). The fourth-order valence-corrected chi connectivity index (χ4v) is 3.54. The standard InChI is InChI=1S/C13H26N2O/c1-12(16)7-8-15(10-12)11-13(9-14-2)5-3-4-6-13/h14,16H,3-11H2,1-2H3. The van der Waals surface area contributed by atoms with Gasteiger partial charge in [0.1, 0.15) is 0 Å². The summed E-state index contributed by atoms with van der Waals surface area (Å²) in [4.78, 5) is 2.46. The van der Waals surface area contributed by atoms with Gasteiger partial charge < -0.3 is 10.4 Å². The number of β-amino-alcohol motifs (C(OH)–C–C–N with tert-alkyl or cyclic N) is 1. The minimum atomic E-state index is -0.445. The molecule has 1 aliphatic carbocycles. The first-order valence-corrected chi connectivity index (χ1v) is 6.65. The molecule has 0 aromatic rings. The Kier molecular flexibility index (Phi) is 3.57. The van der Waals surface area contributed by atoms with Crippen LogP contribution in [0.1, 0.15) is 39.0 Å². The summed E-state index contributed by atoms with van der Waals surface area (Å²) in [5.41, 5.74) is 0.0363. The molecule has 1 heterocycles. The van der Waals surface area contributed by atoms with Gasteiger partial charge in [-0.15, -0.1) is 0 Å². The molecule has 0 bridgehead atoms. The lowest BCUT2D eigenvalue weighted by molar-refractivity contribution is 0.0609. The summed E-state index contributed by atoms with van der Waals surface area (Å²) in [7, 11) is 2.06. The molecule has 0 aromatic carbocycles. The highest BCUT2D eigenvalue weighted by Crippen LogP contribution is 2.39. The van der Waals surface area contributed by atoms with E-state index in [4.69, 9.17) is 0 Å². The molecule has 0 aromatic heterocycles. The lowest BCUT2D eigenvalue weighted by Gasteiger charge is -2.33. The summed E-state index contributed by atoms with van der Waals surface area (Å²) in [6.45, 7) is 6.19. The van der Waals surface area contributed by atoms with E-state index < -0.39 is 5.60 Å². The van der Waals surface area contributed by atoms with E-state index in [0.717, 1.165) is 26.1 Å². The monoisotopic (exact) mass is 226 g/mol. The number of hydrogen-bond donors (Lipinski definition) is 2. The molecule has 3 nitrogen and oxygen atoms in total. The summed E-state index contributed by atoms with van der Waals surface area (Å²) in [6, 6.07) is 0. The third-order valence-corrected chi connectivity index (χ3v) is 4.31. The summed E-state index contributed by atoms with van der Waals surface area (Å²) < 4.78 is 0. The molecule has 1 saturated carbocycles. The van der Waals surface area contributed by atoms with E-state index in [1.807, 2.05) is 6.92 Å². The summed E-state index contributed by atoms with van der Waals surface area (Å²) in [6.07, 6.45) is 6.40. The average Bonchev–Trinajstić information content (AvgIpc) is 2.75. The Hall–Kier alpha value is -0.120. The zero-order valence-corrected chi connectivity index (χ0v) is 10.8. The summed E-state index contributed by atoms with van der Waals surface area (Å²) in [5, 5.41) is 13.4. The van der Waals surface area contributed by atoms with E-state index in [-0.39, 0.29) is 0 Å². The van der Waals surface area contributed by atoms with Crippen molar-refractivity contribution in [2.45, 2.75) is 44.6 Å². The number of hydrogen-bond acceptors (Lipinski definition) is 3. The number of nitrogens with zero attached hydrogens (tertiary/aromatic N) is 1. The zero-order chi connectivity index (χ0) is 11.6. The van der Waals surface area contributed by atoms with Gasteiger partial charge in [-0.05, 0) is 38.6 Å². The van der Waals surface area contributed by atoms with Crippen LogP contribution >= 0.6 is 0 Å². The Morgan fingerprint density at radius 1 is 1.25 bits per heavy atom. The highest BCUT2D eigenvalue weighted by Gasteiger charge is 2.39. The molecule has 1 unspecified atom stereocenters. The smallest absolute Gasteiger partial charge is 0.0758 e. The van der Waals surface area contributed by atoms with Crippen LogP contribution < -0.4 is 5.32 Å². The van der Waals surface area contributed by atoms with Crippen molar-refractivity contribution in [3.8, 4) is 0 Å². The first kappa shape index (κ1) is 12.3. The lowest BCUT2D eigenvalue weighted by Crippen LogP contribution is -2.42. The molecule has 3 heteroatoms. The number of likely N-dealkylation sites (tertiary alicyclic amines) is 1. The third kappa shape index (κ3) is 2.76. The molecular formula is C13H26N2O. The van der Waals surface area contributed by atoms with Crippen molar-refractivity contribution < 1.29 is 5.11 Å². The largest absolute Gasteiger partial charge is 0.389 e. The molecule has 2 aliphatic rings. The van der Waals surface area contributed by atoms with Gasteiger partial charge in [-0.3, -0.25) is 4.90 Å². The molecule has 0 radical (unpaired) electrons. The lowest BCUT2D eigenvalue weighted by atomic mass is 9.85. The van der Waals surface area contributed by atoms with Crippen molar-refractivity contribution >= 4 is 0 Å². The van der Waals surface area contributed by atoms with E-state index >= 15 is 0 Å². The zero-order valence-electron chi connectivity index (χ0n) is 10.8. The molecule has 1 atom stereocenters. The van der Waals surface area contributed by atoms with Gasteiger partial charge in [0, 0.05) is 26.2 Å². The molecule has 1 aliphatic heterocycles. The Morgan fingerprint density at radius 2 is 1.94 bits per heavy atom. The van der Waals surface area contributed by atoms with Gasteiger partial charge in [0.25, 0.3) is 0 Å². The van der Waals surface area contributed by atoms with Crippen LogP contribution in [0.5, 0.6) is 0 Å². The van der Waals surface area contributed by atoms with E-state index in [1.54, 1.807) is 0 Å². The Balaban J connectivity index is 1.91. The highest BCUT2D eigenvalue weighted by atomic mass is 16.3. The molecule has 94 valence electrons. The maximum absolute atomic E-state index is 10.00. The van der Waals surface area contributed by atoms with E-state index in [1.165, 1.54) is 32.2 Å². The summed E-state index contributed by atoms with van der Waals surface area (Å²) in [5.74, 6) is 0. The van der Waals surface area contributed by atoms with Gasteiger partial charge in [0.15, 0.2) is 0 Å². The second kappa shape index (κ2) is 4.63. The molecule has 0 spiro atoms. The SMILES string of the molecule is CNCC1(CN2CCC(C)(O)C2)CCCC1. The Morgan fingerprint density at radius 3 is 2.44 bits per heavy atom. The van der Waals surface area contributed by atoms with Crippen molar-refractivity contribution in [3.63, 3.8) is 0 Å². The van der Waals surface area contributed by atoms with E-state index in [2.05, 4.69) is 17.3 Å².